The Morgan fingerprint density at radius 1 is 0.512 bits per heavy atom. The SMILES string of the molecule is c1ccc(-n2c3c4ccccc4n(-c4ccccc4)c3n3c4ccc(-c5ccc(-c6ccccn6)nc5)cc4nc23)cc1. The number of benzene rings is 4. The molecule has 0 amide bonds. The van der Waals surface area contributed by atoms with Crippen LogP contribution in [-0.4, -0.2) is 28.5 Å². The summed E-state index contributed by atoms with van der Waals surface area (Å²) in [5, 5.41) is 1.18. The molecule has 0 fully saturated rings. The second-order valence-corrected chi connectivity index (χ2v) is 10.6. The Bertz CT molecular complexity index is 2420. The van der Waals surface area contributed by atoms with E-state index >= 15 is 0 Å². The minimum Gasteiger partial charge on any atom is -0.294 e. The van der Waals surface area contributed by atoms with Crippen LogP contribution in [0.4, 0.5) is 0 Å². The highest BCUT2D eigenvalue weighted by atomic mass is 15.3. The van der Waals surface area contributed by atoms with Crippen LogP contribution in [0, 0.1) is 0 Å². The Morgan fingerprint density at radius 3 is 1.95 bits per heavy atom. The summed E-state index contributed by atoms with van der Waals surface area (Å²) in [6.07, 6.45) is 3.70. The lowest BCUT2D eigenvalue weighted by atomic mass is 10.1. The van der Waals surface area contributed by atoms with Crippen molar-refractivity contribution < 1.29 is 0 Å². The third-order valence-corrected chi connectivity index (χ3v) is 8.15. The Balaban J connectivity index is 1.33. The second kappa shape index (κ2) is 9.26. The van der Waals surface area contributed by atoms with E-state index in [9.17, 15) is 0 Å². The first-order chi connectivity index (χ1) is 21.3. The minimum atomic E-state index is 0.853. The number of aromatic nitrogens is 6. The highest BCUT2D eigenvalue weighted by molar-refractivity contribution is 6.10. The lowest BCUT2D eigenvalue weighted by Gasteiger charge is -2.07. The van der Waals surface area contributed by atoms with Gasteiger partial charge in [-0.1, -0.05) is 72.8 Å². The zero-order chi connectivity index (χ0) is 28.3. The van der Waals surface area contributed by atoms with Crippen molar-refractivity contribution in [3.63, 3.8) is 0 Å². The molecular weight excluding hydrogens is 528 g/mol. The molecule has 0 unspecified atom stereocenters. The van der Waals surface area contributed by atoms with Crippen molar-refractivity contribution in [2.75, 3.05) is 0 Å². The van der Waals surface area contributed by atoms with Gasteiger partial charge in [0.05, 0.1) is 27.9 Å². The highest BCUT2D eigenvalue weighted by Crippen LogP contribution is 2.38. The van der Waals surface area contributed by atoms with Crippen LogP contribution in [0.25, 0.3) is 72.8 Å². The fraction of sp³-hybridized carbons (Fsp3) is 0. The molecule has 0 aliphatic rings. The van der Waals surface area contributed by atoms with E-state index < -0.39 is 0 Å². The zero-order valence-electron chi connectivity index (χ0n) is 23.0. The normalized spacial score (nSPS) is 11.7. The van der Waals surface area contributed by atoms with E-state index in [0.29, 0.717) is 0 Å². The van der Waals surface area contributed by atoms with Gasteiger partial charge in [0.15, 0.2) is 5.65 Å². The Kier molecular flexibility index (Phi) is 5.10. The van der Waals surface area contributed by atoms with Gasteiger partial charge in [-0.2, -0.15) is 0 Å². The lowest BCUT2D eigenvalue weighted by molar-refractivity contribution is 1.09. The van der Waals surface area contributed by atoms with Gasteiger partial charge in [-0.3, -0.25) is 23.5 Å². The van der Waals surface area contributed by atoms with Crippen LogP contribution in [-0.2, 0) is 0 Å². The second-order valence-electron chi connectivity index (χ2n) is 10.6. The smallest absolute Gasteiger partial charge is 0.221 e. The molecule has 9 aromatic rings. The molecule has 5 heterocycles. The van der Waals surface area contributed by atoms with Crippen molar-refractivity contribution >= 4 is 38.9 Å². The van der Waals surface area contributed by atoms with Gasteiger partial charge in [-0.25, -0.2) is 4.98 Å². The average molecular weight is 553 g/mol. The number of imidazole rings is 2. The standard InChI is InChI=1S/C37H24N6/c1-3-11-27(12-4-1)41-33-17-8-7-15-29(33)35-36(41)43-34-21-19-25(26-18-20-31(39-24-26)30-16-9-10-22-38-30)23-32(34)40-37(43)42(35)28-13-5-2-6-14-28/h1-24H. The third kappa shape index (κ3) is 3.57. The van der Waals surface area contributed by atoms with Crippen LogP contribution in [0.1, 0.15) is 0 Å². The summed E-state index contributed by atoms with van der Waals surface area (Å²) in [5.74, 6) is 0.877. The molecule has 9 rings (SSSR count). The molecule has 0 saturated carbocycles. The molecule has 4 aromatic carbocycles. The van der Waals surface area contributed by atoms with E-state index in [4.69, 9.17) is 9.97 Å². The number of rotatable bonds is 4. The largest absolute Gasteiger partial charge is 0.294 e. The maximum absolute atomic E-state index is 5.28. The van der Waals surface area contributed by atoms with Gasteiger partial charge in [0, 0.05) is 34.7 Å². The van der Waals surface area contributed by atoms with Crippen molar-refractivity contribution in [1.82, 2.24) is 28.5 Å². The first-order valence-electron chi connectivity index (χ1n) is 14.3. The van der Waals surface area contributed by atoms with Crippen LogP contribution in [0.2, 0.25) is 0 Å². The van der Waals surface area contributed by atoms with Gasteiger partial charge < -0.3 is 0 Å². The van der Waals surface area contributed by atoms with E-state index in [1.54, 1.807) is 6.20 Å². The average Bonchev–Trinajstić information content (AvgIpc) is 3.72. The molecule has 0 aliphatic carbocycles. The van der Waals surface area contributed by atoms with E-state index in [1.165, 1.54) is 5.39 Å². The van der Waals surface area contributed by atoms with E-state index in [1.807, 2.05) is 30.5 Å². The summed E-state index contributed by atoms with van der Waals surface area (Å²) in [7, 11) is 0. The van der Waals surface area contributed by atoms with Crippen molar-refractivity contribution in [2.24, 2.45) is 0 Å². The summed E-state index contributed by atoms with van der Waals surface area (Å²) in [6, 6.07) is 46.2. The highest BCUT2D eigenvalue weighted by Gasteiger charge is 2.25. The van der Waals surface area contributed by atoms with Crippen LogP contribution < -0.4 is 0 Å². The Morgan fingerprint density at radius 2 is 1.21 bits per heavy atom. The number of hydrogen-bond acceptors (Lipinski definition) is 3. The molecular formula is C37H24N6. The molecule has 0 spiro atoms. The van der Waals surface area contributed by atoms with Crippen LogP contribution >= 0.6 is 0 Å². The summed E-state index contributed by atoms with van der Waals surface area (Å²) >= 11 is 0. The fourth-order valence-corrected chi connectivity index (χ4v) is 6.23. The number of hydrogen-bond donors (Lipinski definition) is 0. The summed E-state index contributed by atoms with van der Waals surface area (Å²) < 4.78 is 6.95. The molecule has 0 N–H and O–H groups in total. The third-order valence-electron chi connectivity index (χ3n) is 8.15. The minimum absolute atomic E-state index is 0.853. The van der Waals surface area contributed by atoms with Gasteiger partial charge in [0.1, 0.15) is 5.52 Å². The van der Waals surface area contributed by atoms with Gasteiger partial charge in [0.2, 0.25) is 5.78 Å². The summed E-state index contributed by atoms with van der Waals surface area (Å²) in [5.41, 5.74) is 11.4. The summed E-state index contributed by atoms with van der Waals surface area (Å²) in [4.78, 5) is 14.4. The van der Waals surface area contributed by atoms with Gasteiger partial charge in [-0.15, -0.1) is 0 Å². The van der Waals surface area contributed by atoms with Crippen LogP contribution in [0.3, 0.4) is 0 Å². The molecule has 6 nitrogen and oxygen atoms in total. The molecule has 0 aliphatic heterocycles. The Hall–Kier alpha value is -6.01. The quantitative estimate of drug-likeness (QED) is 0.220. The first kappa shape index (κ1) is 23.7. The van der Waals surface area contributed by atoms with Crippen LogP contribution in [0.5, 0.6) is 0 Å². The molecule has 0 atom stereocenters. The fourth-order valence-electron chi connectivity index (χ4n) is 6.23. The van der Waals surface area contributed by atoms with E-state index in [0.717, 1.165) is 67.4 Å². The number of para-hydroxylation sites is 3. The number of pyridine rings is 2. The van der Waals surface area contributed by atoms with E-state index in [-0.39, 0.29) is 0 Å². The predicted molar refractivity (Wildman–Crippen MR) is 173 cm³/mol. The van der Waals surface area contributed by atoms with Gasteiger partial charge >= 0.3 is 0 Å². The predicted octanol–water partition coefficient (Wildman–Crippen LogP) is 8.50. The topological polar surface area (TPSA) is 52.9 Å². The van der Waals surface area contributed by atoms with E-state index in [2.05, 4.69) is 128 Å². The summed E-state index contributed by atoms with van der Waals surface area (Å²) in [6.45, 7) is 0. The lowest BCUT2D eigenvalue weighted by Crippen LogP contribution is -1.97. The maximum Gasteiger partial charge on any atom is 0.221 e. The van der Waals surface area contributed by atoms with Crippen LogP contribution in [0.15, 0.2) is 146 Å². The molecule has 202 valence electrons. The van der Waals surface area contributed by atoms with Crippen molar-refractivity contribution in [1.29, 1.82) is 0 Å². The molecule has 6 heteroatoms. The Labute approximate surface area is 246 Å². The zero-order valence-corrected chi connectivity index (χ0v) is 23.0. The van der Waals surface area contributed by atoms with Gasteiger partial charge in [-0.05, 0) is 66.2 Å². The molecule has 5 aromatic heterocycles. The number of fused-ring (bicyclic) bond motifs is 7. The molecule has 0 radical (unpaired) electrons. The number of nitrogens with zero attached hydrogens (tertiary/aromatic N) is 6. The van der Waals surface area contributed by atoms with Gasteiger partial charge in [0.25, 0.3) is 0 Å². The monoisotopic (exact) mass is 552 g/mol. The maximum atomic E-state index is 5.28. The van der Waals surface area contributed by atoms with Crippen molar-refractivity contribution in [3.05, 3.63) is 146 Å². The van der Waals surface area contributed by atoms with Crippen molar-refractivity contribution in [3.8, 4) is 33.9 Å². The molecule has 43 heavy (non-hydrogen) atoms. The molecule has 0 bridgehead atoms. The first-order valence-corrected chi connectivity index (χ1v) is 14.3. The molecule has 0 saturated heterocycles. The van der Waals surface area contributed by atoms with Crippen molar-refractivity contribution in [2.45, 2.75) is 0 Å².